The first-order valence-corrected chi connectivity index (χ1v) is 7.84. The molecule has 0 aromatic heterocycles. The quantitative estimate of drug-likeness (QED) is 0.928. The van der Waals surface area contributed by atoms with Gasteiger partial charge in [-0.1, -0.05) is 56.3 Å². The molecule has 1 saturated heterocycles. The van der Waals surface area contributed by atoms with E-state index in [4.69, 9.17) is 0 Å². The van der Waals surface area contributed by atoms with Crippen molar-refractivity contribution < 1.29 is 4.79 Å². The zero-order valence-corrected chi connectivity index (χ0v) is 12.9. The third-order valence-electron chi connectivity index (χ3n) is 5.08. The van der Waals surface area contributed by atoms with Crippen molar-refractivity contribution in [1.82, 2.24) is 5.32 Å². The smallest absolute Gasteiger partial charge is 0.144 e. The van der Waals surface area contributed by atoms with Crippen LogP contribution < -0.4 is 5.32 Å². The number of fused-ring (bicyclic) bond motifs is 1. The number of nitrogens with one attached hydrogen (secondary N) is 1. The first-order chi connectivity index (χ1) is 10.1. The van der Waals surface area contributed by atoms with Crippen LogP contribution in [0.2, 0.25) is 0 Å². The minimum Gasteiger partial charge on any atom is -0.316 e. The van der Waals surface area contributed by atoms with E-state index in [0.717, 1.165) is 25.1 Å². The first-order valence-electron chi connectivity index (χ1n) is 7.84. The van der Waals surface area contributed by atoms with E-state index >= 15 is 0 Å². The van der Waals surface area contributed by atoms with Gasteiger partial charge in [-0.25, -0.2) is 0 Å². The maximum atomic E-state index is 13.0. The first kappa shape index (κ1) is 14.3. The summed E-state index contributed by atoms with van der Waals surface area (Å²) in [7, 11) is 0. The molecule has 0 radical (unpaired) electrons. The molecule has 21 heavy (non-hydrogen) atoms. The highest BCUT2D eigenvalue weighted by molar-refractivity contribution is 5.93. The average molecular weight is 281 g/mol. The third-order valence-corrected chi connectivity index (χ3v) is 5.08. The summed E-state index contributed by atoms with van der Waals surface area (Å²) < 4.78 is 0. The van der Waals surface area contributed by atoms with Crippen LogP contribution in [0, 0.1) is 11.3 Å². The van der Waals surface area contributed by atoms with Crippen molar-refractivity contribution in [3.8, 4) is 0 Å². The molecule has 2 heteroatoms. The standard InChI is InChI=1S/C19H23NO/c1-14(2)19(10-11-20-13-19)18(21)12-16-8-5-7-15-6-3-4-9-17(15)16/h3-9,14,20H,10-13H2,1-2H3. The number of ketones is 1. The van der Waals surface area contributed by atoms with Crippen LogP contribution in [0.1, 0.15) is 25.8 Å². The van der Waals surface area contributed by atoms with Gasteiger partial charge < -0.3 is 5.32 Å². The van der Waals surface area contributed by atoms with Crippen molar-refractivity contribution in [3.05, 3.63) is 48.0 Å². The Bertz CT molecular complexity index is 648. The highest BCUT2D eigenvalue weighted by atomic mass is 16.1. The monoisotopic (exact) mass is 281 g/mol. The number of rotatable bonds is 4. The van der Waals surface area contributed by atoms with Crippen LogP contribution in [0.5, 0.6) is 0 Å². The molecule has 0 amide bonds. The molecule has 1 atom stereocenters. The van der Waals surface area contributed by atoms with E-state index in [0.29, 0.717) is 18.1 Å². The second kappa shape index (κ2) is 5.61. The van der Waals surface area contributed by atoms with Gasteiger partial charge in [-0.15, -0.1) is 0 Å². The van der Waals surface area contributed by atoms with E-state index in [-0.39, 0.29) is 5.41 Å². The fourth-order valence-corrected chi connectivity index (χ4v) is 3.56. The highest BCUT2D eigenvalue weighted by Gasteiger charge is 2.43. The molecule has 1 aliphatic rings. The topological polar surface area (TPSA) is 29.1 Å². The molecule has 110 valence electrons. The summed E-state index contributed by atoms with van der Waals surface area (Å²) in [5.41, 5.74) is 0.974. The maximum absolute atomic E-state index is 13.0. The molecule has 1 fully saturated rings. The summed E-state index contributed by atoms with van der Waals surface area (Å²) in [4.78, 5) is 13.0. The van der Waals surface area contributed by atoms with Crippen molar-refractivity contribution in [2.24, 2.45) is 11.3 Å². The van der Waals surface area contributed by atoms with Crippen molar-refractivity contribution in [2.45, 2.75) is 26.7 Å². The predicted molar refractivity (Wildman–Crippen MR) is 87.4 cm³/mol. The third kappa shape index (κ3) is 2.49. The second-order valence-corrected chi connectivity index (χ2v) is 6.48. The Labute approximate surface area is 126 Å². The minimum atomic E-state index is -0.184. The summed E-state index contributed by atoms with van der Waals surface area (Å²) in [5, 5.41) is 5.80. The van der Waals surface area contributed by atoms with E-state index in [1.807, 2.05) is 12.1 Å². The Morgan fingerprint density at radius 1 is 1.19 bits per heavy atom. The number of carbonyl (C=O) groups excluding carboxylic acids is 1. The van der Waals surface area contributed by atoms with Gasteiger partial charge in [0.05, 0.1) is 0 Å². The summed E-state index contributed by atoms with van der Waals surface area (Å²) >= 11 is 0. The molecule has 1 N–H and O–H groups in total. The molecular formula is C19H23NO. The maximum Gasteiger partial charge on any atom is 0.144 e. The van der Waals surface area contributed by atoms with E-state index in [2.05, 4.69) is 49.5 Å². The molecule has 1 heterocycles. The van der Waals surface area contributed by atoms with Gasteiger partial charge in [-0.2, -0.15) is 0 Å². The number of hydrogen-bond donors (Lipinski definition) is 1. The van der Waals surface area contributed by atoms with Crippen molar-refractivity contribution in [2.75, 3.05) is 13.1 Å². The summed E-state index contributed by atoms with van der Waals surface area (Å²) in [6.45, 7) is 6.13. The molecule has 2 nitrogen and oxygen atoms in total. The molecule has 0 aliphatic carbocycles. The Balaban J connectivity index is 1.93. The van der Waals surface area contributed by atoms with Crippen molar-refractivity contribution in [1.29, 1.82) is 0 Å². The van der Waals surface area contributed by atoms with Gasteiger partial charge in [-0.05, 0) is 35.2 Å². The minimum absolute atomic E-state index is 0.184. The normalized spacial score (nSPS) is 22.0. The molecule has 2 aromatic rings. The summed E-state index contributed by atoms with van der Waals surface area (Å²) in [6, 6.07) is 14.6. The molecule has 0 saturated carbocycles. The van der Waals surface area contributed by atoms with Gasteiger partial charge in [-0.3, -0.25) is 4.79 Å². The Kier molecular flexibility index (Phi) is 3.81. The lowest BCUT2D eigenvalue weighted by atomic mass is 9.71. The Morgan fingerprint density at radius 3 is 2.67 bits per heavy atom. The van der Waals surface area contributed by atoms with Crippen LogP contribution in [0.4, 0.5) is 0 Å². The fraction of sp³-hybridized carbons (Fsp3) is 0.421. The lowest BCUT2D eigenvalue weighted by molar-refractivity contribution is -0.129. The number of Topliss-reactive ketones (excluding diaryl/α,β-unsaturated/α-hetero) is 1. The molecule has 1 aliphatic heterocycles. The second-order valence-electron chi connectivity index (χ2n) is 6.48. The average Bonchev–Trinajstić information content (AvgIpc) is 2.98. The predicted octanol–water partition coefficient (Wildman–Crippen LogP) is 3.59. The molecule has 0 spiro atoms. The van der Waals surface area contributed by atoms with E-state index < -0.39 is 0 Å². The van der Waals surface area contributed by atoms with Gasteiger partial charge in [0.15, 0.2) is 0 Å². The van der Waals surface area contributed by atoms with Gasteiger partial charge in [0.2, 0.25) is 0 Å². The van der Waals surface area contributed by atoms with Crippen LogP contribution in [0.25, 0.3) is 10.8 Å². The lowest BCUT2D eigenvalue weighted by Crippen LogP contribution is -2.39. The fourth-order valence-electron chi connectivity index (χ4n) is 3.56. The van der Waals surface area contributed by atoms with Gasteiger partial charge >= 0.3 is 0 Å². The Hall–Kier alpha value is -1.67. The molecule has 1 unspecified atom stereocenters. The highest BCUT2D eigenvalue weighted by Crippen LogP contribution is 2.36. The zero-order chi connectivity index (χ0) is 14.9. The van der Waals surface area contributed by atoms with Crippen LogP contribution in [0.3, 0.4) is 0 Å². The molecule has 0 bridgehead atoms. The molecular weight excluding hydrogens is 258 g/mol. The summed E-state index contributed by atoms with van der Waals surface area (Å²) in [5.74, 6) is 0.772. The molecule has 2 aromatic carbocycles. The van der Waals surface area contributed by atoms with Crippen molar-refractivity contribution >= 4 is 16.6 Å². The van der Waals surface area contributed by atoms with E-state index in [1.54, 1.807) is 0 Å². The van der Waals surface area contributed by atoms with Crippen LogP contribution in [-0.4, -0.2) is 18.9 Å². The number of benzene rings is 2. The summed E-state index contributed by atoms with van der Waals surface area (Å²) in [6.07, 6.45) is 1.51. The van der Waals surface area contributed by atoms with Gasteiger partial charge in [0, 0.05) is 18.4 Å². The lowest BCUT2D eigenvalue weighted by Gasteiger charge is -2.31. The van der Waals surface area contributed by atoms with E-state index in [1.165, 1.54) is 10.8 Å². The van der Waals surface area contributed by atoms with Crippen LogP contribution in [0.15, 0.2) is 42.5 Å². The number of hydrogen-bond acceptors (Lipinski definition) is 2. The molecule has 3 rings (SSSR count). The zero-order valence-electron chi connectivity index (χ0n) is 12.9. The Morgan fingerprint density at radius 2 is 1.95 bits per heavy atom. The van der Waals surface area contributed by atoms with Crippen LogP contribution >= 0.6 is 0 Å². The largest absolute Gasteiger partial charge is 0.316 e. The number of carbonyl (C=O) groups is 1. The van der Waals surface area contributed by atoms with Gasteiger partial charge in [0.25, 0.3) is 0 Å². The SMILES string of the molecule is CC(C)C1(C(=O)Cc2cccc3ccccc23)CCNC1. The van der Waals surface area contributed by atoms with Gasteiger partial charge in [0.1, 0.15) is 5.78 Å². The van der Waals surface area contributed by atoms with E-state index in [9.17, 15) is 4.79 Å². The van der Waals surface area contributed by atoms with Crippen LogP contribution in [-0.2, 0) is 11.2 Å². The van der Waals surface area contributed by atoms with Crippen molar-refractivity contribution in [3.63, 3.8) is 0 Å².